The fraction of sp³-hybridized carbons (Fsp3) is 0.259. The second kappa shape index (κ2) is 7.69. The Kier molecular flexibility index (Phi) is 4.89. The van der Waals surface area contributed by atoms with Gasteiger partial charge in [0.25, 0.3) is 0 Å². The van der Waals surface area contributed by atoms with Gasteiger partial charge < -0.3 is 10.1 Å². The molecule has 0 bridgehead atoms. The second-order valence-electron chi connectivity index (χ2n) is 9.39. The monoisotopic (exact) mass is 449 g/mol. The molecule has 7 heteroatoms. The Morgan fingerprint density at radius 2 is 1.79 bits per heavy atom. The molecule has 2 unspecified atom stereocenters. The summed E-state index contributed by atoms with van der Waals surface area (Å²) in [5.74, 6) is 0.0907. The lowest BCUT2D eigenvalue weighted by Crippen LogP contribution is -2.63. The normalized spacial score (nSPS) is 26.2. The van der Waals surface area contributed by atoms with Crippen LogP contribution in [0, 0.1) is 35.0 Å². The maximum atomic E-state index is 14.4. The van der Waals surface area contributed by atoms with Crippen LogP contribution in [0.5, 0.6) is 0 Å². The number of rotatable bonds is 2. The van der Waals surface area contributed by atoms with Crippen molar-refractivity contribution in [1.29, 1.82) is 10.5 Å². The van der Waals surface area contributed by atoms with Gasteiger partial charge >= 0.3 is 0 Å². The molecule has 0 aromatic heterocycles. The molecule has 5 rings (SSSR count). The minimum Gasteiger partial charge on any atom is -0.365 e. The molecule has 3 aliphatic rings. The molecule has 0 radical (unpaired) electrons. The Morgan fingerprint density at radius 3 is 2.44 bits per heavy atom. The van der Waals surface area contributed by atoms with Crippen molar-refractivity contribution in [2.24, 2.45) is 10.4 Å². The van der Waals surface area contributed by atoms with Crippen LogP contribution in [0.4, 0.5) is 11.4 Å². The Bertz CT molecular complexity index is 1360. The van der Waals surface area contributed by atoms with E-state index in [2.05, 4.69) is 17.5 Å². The van der Waals surface area contributed by atoms with Crippen LogP contribution in [0.1, 0.15) is 25.8 Å². The Hall–Kier alpha value is -4.20. The number of nitrogens with zero attached hydrogens (tertiary/aromatic N) is 4. The fourth-order valence-electron chi connectivity index (χ4n) is 5.03. The number of anilines is 1. The Balaban J connectivity index is 1.74. The number of guanidine groups is 1. The molecule has 0 saturated carbocycles. The minimum absolute atomic E-state index is 0.180. The summed E-state index contributed by atoms with van der Waals surface area (Å²) >= 11 is 0. The van der Waals surface area contributed by atoms with E-state index in [9.17, 15) is 15.3 Å². The van der Waals surface area contributed by atoms with Crippen molar-refractivity contribution in [1.82, 2.24) is 5.32 Å². The van der Waals surface area contributed by atoms with Crippen LogP contribution in [0.25, 0.3) is 0 Å². The van der Waals surface area contributed by atoms with Crippen molar-refractivity contribution in [3.05, 3.63) is 83.1 Å². The van der Waals surface area contributed by atoms with E-state index in [1.807, 2.05) is 75.4 Å². The van der Waals surface area contributed by atoms with Gasteiger partial charge in [-0.2, -0.15) is 10.5 Å². The van der Waals surface area contributed by atoms with E-state index < -0.39 is 17.1 Å². The van der Waals surface area contributed by atoms with E-state index in [0.717, 1.165) is 5.56 Å². The number of hydrogen-bond acceptors (Lipinski definition) is 5. The molecule has 34 heavy (non-hydrogen) atoms. The summed E-state index contributed by atoms with van der Waals surface area (Å²) < 4.78 is 6.27. The number of nitriles is 2. The number of allylic oxidation sites excluding steroid dienone is 2. The number of amides is 1. The summed E-state index contributed by atoms with van der Waals surface area (Å²) in [5.41, 5.74) is 1.49. The number of para-hydroxylation sites is 1. The van der Waals surface area contributed by atoms with Gasteiger partial charge in [0.15, 0.2) is 0 Å². The van der Waals surface area contributed by atoms with Crippen LogP contribution in [-0.4, -0.2) is 23.6 Å². The molecule has 2 saturated heterocycles. The molecule has 2 aromatic rings. The van der Waals surface area contributed by atoms with Crippen molar-refractivity contribution < 1.29 is 9.53 Å². The minimum atomic E-state index is -1.17. The first-order chi connectivity index (χ1) is 16.3. The number of carbonyl (C=O) groups excluding carboxylic acids is 1. The lowest BCUT2D eigenvalue weighted by molar-refractivity contribution is -0.128. The molecule has 7 nitrogen and oxygen atoms in total. The highest BCUT2D eigenvalue weighted by molar-refractivity contribution is 6.22. The van der Waals surface area contributed by atoms with E-state index in [-0.39, 0.29) is 17.1 Å². The number of hydrogen-bond donors (Lipinski definition) is 1. The molecule has 2 heterocycles. The van der Waals surface area contributed by atoms with Crippen molar-refractivity contribution in [2.75, 3.05) is 4.90 Å². The van der Waals surface area contributed by atoms with Crippen LogP contribution >= 0.6 is 0 Å². The highest BCUT2D eigenvalue weighted by Crippen LogP contribution is 2.56. The van der Waals surface area contributed by atoms with Crippen molar-refractivity contribution >= 4 is 23.2 Å². The van der Waals surface area contributed by atoms with Gasteiger partial charge in [-0.15, -0.1) is 0 Å². The van der Waals surface area contributed by atoms with Crippen LogP contribution in [0.15, 0.2) is 82.5 Å². The van der Waals surface area contributed by atoms with Crippen molar-refractivity contribution in [3.63, 3.8) is 0 Å². The van der Waals surface area contributed by atoms with Crippen molar-refractivity contribution in [3.8, 4) is 12.1 Å². The van der Waals surface area contributed by atoms with E-state index in [1.165, 1.54) is 0 Å². The molecule has 2 aliphatic heterocycles. The first-order valence-electron chi connectivity index (χ1n) is 11.1. The van der Waals surface area contributed by atoms with Crippen LogP contribution in [0.2, 0.25) is 0 Å². The van der Waals surface area contributed by atoms with Crippen LogP contribution < -0.4 is 10.2 Å². The summed E-state index contributed by atoms with van der Waals surface area (Å²) in [4.78, 5) is 20.7. The first-order valence-corrected chi connectivity index (χ1v) is 11.1. The number of benzene rings is 2. The average molecular weight is 450 g/mol. The third kappa shape index (κ3) is 3.22. The van der Waals surface area contributed by atoms with Gasteiger partial charge in [0.2, 0.25) is 11.9 Å². The van der Waals surface area contributed by atoms with Gasteiger partial charge in [-0.25, -0.2) is 9.89 Å². The predicted octanol–water partition coefficient (Wildman–Crippen LogP) is 4.41. The van der Waals surface area contributed by atoms with Crippen LogP contribution in [-0.2, 0) is 9.53 Å². The predicted molar refractivity (Wildman–Crippen MR) is 128 cm³/mol. The summed E-state index contributed by atoms with van der Waals surface area (Å²) in [6.45, 7) is 5.79. The van der Waals surface area contributed by atoms with Gasteiger partial charge in [0, 0.05) is 5.70 Å². The number of carbonyl (C=O) groups is 1. The molecular formula is C27H23N5O2. The maximum absolute atomic E-state index is 14.4. The third-order valence-corrected chi connectivity index (χ3v) is 6.48. The third-order valence-electron chi connectivity index (χ3n) is 6.48. The van der Waals surface area contributed by atoms with Gasteiger partial charge in [-0.1, -0.05) is 35.9 Å². The van der Waals surface area contributed by atoms with Gasteiger partial charge in [-0.05, 0) is 57.5 Å². The molecule has 2 fully saturated rings. The van der Waals surface area contributed by atoms with E-state index in [4.69, 9.17) is 9.73 Å². The summed E-state index contributed by atoms with van der Waals surface area (Å²) in [7, 11) is 0. The van der Waals surface area contributed by atoms with Crippen LogP contribution in [0.3, 0.4) is 0 Å². The zero-order chi connectivity index (χ0) is 24.1. The average Bonchev–Trinajstić information content (AvgIpc) is 3.12. The fourth-order valence-corrected chi connectivity index (χ4v) is 5.03. The van der Waals surface area contributed by atoms with E-state index in [0.29, 0.717) is 29.5 Å². The van der Waals surface area contributed by atoms with Crippen molar-refractivity contribution in [2.45, 2.75) is 38.9 Å². The number of aryl methyl sites for hydroxylation is 1. The SMILES string of the molecule is Cc1ccc(N=C2NC3=CC(C#N)=C(C#N)C4OC(C)(C)CC34C(=O)N2c2ccccc2)cc1. The number of aliphatic imine (C=N–C) groups is 1. The summed E-state index contributed by atoms with van der Waals surface area (Å²) in [5, 5.41) is 23.0. The standard InChI is InChI=1S/C27H23N5O2/c1-17-9-11-19(12-10-17)30-25-31-22-13-18(14-28)21(15-29)23-27(22,16-26(2,3)34-23)24(33)32(25)20-7-5-4-6-8-20/h4-13,23H,16H2,1-3H3,(H,30,31). The molecule has 168 valence electrons. The molecule has 1 spiro atoms. The molecule has 2 aromatic carbocycles. The summed E-state index contributed by atoms with van der Waals surface area (Å²) in [6, 6.07) is 21.2. The maximum Gasteiger partial charge on any atom is 0.249 e. The highest BCUT2D eigenvalue weighted by Gasteiger charge is 2.65. The van der Waals surface area contributed by atoms with Gasteiger partial charge in [0.1, 0.15) is 17.6 Å². The highest BCUT2D eigenvalue weighted by atomic mass is 16.5. The Labute approximate surface area is 198 Å². The quantitative estimate of drug-likeness (QED) is 0.732. The molecule has 2 atom stereocenters. The first kappa shape index (κ1) is 21.6. The Morgan fingerprint density at radius 1 is 1.09 bits per heavy atom. The van der Waals surface area contributed by atoms with Gasteiger partial charge in [-0.3, -0.25) is 4.79 Å². The lowest BCUT2D eigenvalue weighted by Gasteiger charge is -2.45. The zero-order valence-corrected chi connectivity index (χ0v) is 19.2. The molecule has 1 amide bonds. The second-order valence-corrected chi connectivity index (χ2v) is 9.39. The lowest BCUT2D eigenvalue weighted by atomic mass is 9.67. The smallest absolute Gasteiger partial charge is 0.249 e. The van der Waals surface area contributed by atoms with E-state index >= 15 is 0 Å². The molecular weight excluding hydrogens is 426 g/mol. The van der Waals surface area contributed by atoms with Gasteiger partial charge in [0.05, 0.1) is 34.2 Å². The zero-order valence-electron chi connectivity index (χ0n) is 19.2. The largest absolute Gasteiger partial charge is 0.365 e. The topological polar surface area (TPSA) is 102 Å². The summed E-state index contributed by atoms with van der Waals surface area (Å²) in [6.07, 6.45) is 1.09. The molecule has 1 N–H and O–H groups in total. The number of ether oxygens (including phenoxy) is 1. The number of nitrogens with one attached hydrogen (secondary N) is 1. The molecule has 1 aliphatic carbocycles. The van der Waals surface area contributed by atoms with E-state index in [1.54, 1.807) is 11.0 Å².